The van der Waals surface area contributed by atoms with Crippen molar-refractivity contribution in [1.82, 2.24) is 0 Å². The molecule has 106 valence electrons. The lowest BCUT2D eigenvalue weighted by Crippen LogP contribution is -2.27. The van der Waals surface area contributed by atoms with Crippen LogP contribution >= 0.6 is 0 Å². The van der Waals surface area contributed by atoms with E-state index in [0.717, 1.165) is 12.0 Å². The third-order valence-electron chi connectivity index (χ3n) is 3.12. The Morgan fingerprint density at radius 2 is 1.84 bits per heavy atom. The van der Waals surface area contributed by atoms with E-state index in [-0.39, 0.29) is 18.8 Å². The Kier molecular flexibility index (Phi) is 4.93. The number of aliphatic hydroxyl groups excluding tert-OH is 1. The molecule has 2 atom stereocenters. The third kappa shape index (κ3) is 4.28. The molecule has 0 spiro atoms. The van der Waals surface area contributed by atoms with E-state index in [1.807, 2.05) is 44.2 Å². The van der Waals surface area contributed by atoms with E-state index in [0.29, 0.717) is 13.2 Å². The first-order valence-corrected chi connectivity index (χ1v) is 6.69. The van der Waals surface area contributed by atoms with Crippen LogP contribution < -0.4 is 0 Å². The van der Waals surface area contributed by atoms with Gasteiger partial charge in [0.1, 0.15) is 6.10 Å². The lowest BCUT2D eigenvalue weighted by atomic mass is 10.1. The molecule has 1 saturated heterocycles. The van der Waals surface area contributed by atoms with Crippen LogP contribution in [0.5, 0.6) is 0 Å². The van der Waals surface area contributed by atoms with Crippen molar-refractivity contribution in [2.24, 2.45) is 0 Å². The Balaban J connectivity index is 1.71. The number of benzene rings is 1. The van der Waals surface area contributed by atoms with Crippen LogP contribution in [0.2, 0.25) is 0 Å². The second kappa shape index (κ2) is 6.48. The fraction of sp³-hybridized carbons (Fsp3) is 0.600. The topological polar surface area (TPSA) is 47.9 Å². The summed E-state index contributed by atoms with van der Waals surface area (Å²) in [7, 11) is 0. The van der Waals surface area contributed by atoms with Gasteiger partial charge in [0.2, 0.25) is 0 Å². The molecule has 0 radical (unpaired) electrons. The molecule has 1 aliphatic heterocycles. The van der Waals surface area contributed by atoms with E-state index in [2.05, 4.69) is 0 Å². The molecule has 4 heteroatoms. The molecule has 0 saturated carbocycles. The van der Waals surface area contributed by atoms with Gasteiger partial charge < -0.3 is 19.3 Å². The Hall–Kier alpha value is -0.940. The van der Waals surface area contributed by atoms with Gasteiger partial charge in [-0.2, -0.15) is 0 Å². The monoisotopic (exact) mass is 266 g/mol. The molecule has 1 aromatic carbocycles. The maximum absolute atomic E-state index is 9.26. The van der Waals surface area contributed by atoms with Crippen LogP contribution in [-0.2, 0) is 20.8 Å². The highest BCUT2D eigenvalue weighted by molar-refractivity contribution is 5.13. The molecule has 0 amide bonds. The first-order valence-electron chi connectivity index (χ1n) is 6.69. The maximum Gasteiger partial charge on any atom is 0.163 e. The van der Waals surface area contributed by atoms with E-state index in [1.54, 1.807) is 0 Å². The average molecular weight is 266 g/mol. The molecule has 1 aliphatic rings. The van der Waals surface area contributed by atoms with Gasteiger partial charge in [0.05, 0.1) is 19.3 Å². The summed E-state index contributed by atoms with van der Waals surface area (Å²) < 4.78 is 17.0. The summed E-state index contributed by atoms with van der Waals surface area (Å²) in [4.78, 5) is 0. The molecular formula is C15H22O4. The fourth-order valence-corrected chi connectivity index (χ4v) is 2.27. The van der Waals surface area contributed by atoms with Crippen LogP contribution in [0.15, 0.2) is 30.3 Å². The van der Waals surface area contributed by atoms with Crippen molar-refractivity contribution in [1.29, 1.82) is 0 Å². The summed E-state index contributed by atoms with van der Waals surface area (Å²) in [5, 5.41) is 9.26. The molecule has 19 heavy (non-hydrogen) atoms. The lowest BCUT2D eigenvalue weighted by molar-refractivity contribution is -0.150. The summed E-state index contributed by atoms with van der Waals surface area (Å²) in [5.41, 5.74) is 1.16. The highest BCUT2D eigenvalue weighted by Gasteiger charge is 2.40. The molecule has 0 bridgehead atoms. The molecule has 4 nitrogen and oxygen atoms in total. The predicted molar refractivity (Wildman–Crippen MR) is 71.6 cm³/mol. The Morgan fingerprint density at radius 3 is 2.53 bits per heavy atom. The van der Waals surface area contributed by atoms with Crippen molar-refractivity contribution in [3.8, 4) is 0 Å². The normalized spacial score (nSPS) is 25.6. The minimum Gasteiger partial charge on any atom is -0.394 e. The zero-order valence-electron chi connectivity index (χ0n) is 11.5. The van der Waals surface area contributed by atoms with E-state index in [1.165, 1.54) is 0 Å². The molecule has 2 unspecified atom stereocenters. The summed E-state index contributed by atoms with van der Waals surface area (Å²) in [6.45, 7) is 4.89. The maximum atomic E-state index is 9.26. The summed E-state index contributed by atoms with van der Waals surface area (Å²) in [6.07, 6.45) is 0.368. The predicted octanol–water partition coefficient (Wildman–Crippen LogP) is 2.11. The molecule has 0 aromatic heterocycles. The zero-order chi connectivity index (χ0) is 13.7. The van der Waals surface area contributed by atoms with Gasteiger partial charge in [-0.15, -0.1) is 0 Å². The SMILES string of the molecule is CC1(C)OC(CO)C(CCOCc2ccccc2)O1. The molecule has 1 heterocycles. The van der Waals surface area contributed by atoms with Crippen molar-refractivity contribution in [3.05, 3.63) is 35.9 Å². The standard InChI is InChI=1S/C15H22O4/c1-15(2)18-13(14(10-16)19-15)8-9-17-11-12-6-4-3-5-7-12/h3-7,13-14,16H,8-11H2,1-2H3. The molecule has 1 fully saturated rings. The summed E-state index contributed by atoms with van der Waals surface area (Å²) in [6, 6.07) is 10.1. The van der Waals surface area contributed by atoms with Crippen molar-refractivity contribution in [3.63, 3.8) is 0 Å². The highest BCUT2D eigenvalue weighted by Crippen LogP contribution is 2.29. The molecule has 2 rings (SSSR count). The van der Waals surface area contributed by atoms with Gasteiger partial charge in [0.25, 0.3) is 0 Å². The van der Waals surface area contributed by atoms with E-state index >= 15 is 0 Å². The number of hydrogen-bond acceptors (Lipinski definition) is 4. The molecule has 1 N–H and O–H groups in total. The molecule has 1 aromatic rings. The van der Waals surface area contributed by atoms with Crippen LogP contribution in [0.25, 0.3) is 0 Å². The van der Waals surface area contributed by atoms with Crippen LogP contribution in [-0.4, -0.2) is 36.3 Å². The first kappa shape index (κ1) is 14.5. The van der Waals surface area contributed by atoms with Crippen LogP contribution in [0, 0.1) is 0 Å². The van der Waals surface area contributed by atoms with Gasteiger partial charge in [0.15, 0.2) is 5.79 Å². The quantitative estimate of drug-likeness (QED) is 0.801. The minimum absolute atomic E-state index is 0.0210. The summed E-state index contributed by atoms with van der Waals surface area (Å²) >= 11 is 0. The van der Waals surface area contributed by atoms with Crippen molar-refractivity contribution in [2.75, 3.05) is 13.2 Å². The van der Waals surface area contributed by atoms with E-state index in [9.17, 15) is 5.11 Å². The van der Waals surface area contributed by atoms with Gasteiger partial charge in [-0.1, -0.05) is 30.3 Å². The smallest absolute Gasteiger partial charge is 0.163 e. The Morgan fingerprint density at radius 1 is 1.16 bits per heavy atom. The average Bonchev–Trinajstić information content (AvgIpc) is 2.70. The van der Waals surface area contributed by atoms with Gasteiger partial charge in [-0.25, -0.2) is 0 Å². The number of ether oxygens (including phenoxy) is 3. The number of rotatable bonds is 6. The van der Waals surface area contributed by atoms with Gasteiger partial charge >= 0.3 is 0 Å². The van der Waals surface area contributed by atoms with Crippen molar-refractivity contribution >= 4 is 0 Å². The first-order chi connectivity index (χ1) is 9.11. The second-order valence-corrected chi connectivity index (χ2v) is 5.22. The minimum atomic E-state index is -0.614. The van der Waals surface area contributed by atoms with Gasteiger partial charge in [-0.3, -0.25) is 0 Å². The highest BCUT2D eigenvalue weighted by atomic mass is 16.8. The lowest BCUT2D eigenvalue weighted by Gasteiger charge is -2.16. The second-order valence-electron chi connectivity index (χ2n) is 5.22. The van der Waals surface area contributed by atoms with Gasteiger partial charge in [0, 0.05) is 6.61 Å². The number of aliphatic hydroxyl groups is 1. The Labute approximate surface area is 114 Å². The fourth-order valence-electron chi connectivity index (χ4n) is 2.27. The number of hydrogen-bond donors (Lipinski definition) is 1. The summed E-state index contributed by atoms with van der Waals surface area (Å²) in [5.74, 6) is -0.614. The van der Waals surface area contributed by atoms with E-state index < -0.39 is 5.79 Å². The van der Waals surface area contributed by atoms with Crippen molar-refractivity contribution in [2.45, 2.75) is 44.9 Å². The molecule has 0 aliphatic carbocycles. The van der Waals surface area contributed by atoms with Gasteiger partial charge in [-0.05, 0) is 25.8 Å². The van der Waals surface area contributed by atoms with E-state index in [4.69, 9.17) is 14.2 Å². The Bertz CT molecular complexity index is 377. The third-order valence-corrected chi connectivity index (χ3v) is 3.12. The van der Waals surface area contributed by atoms with Crippen LogP contribution in [0.1, 0.15) is 25.8 Å². The largest absolute Gasteiger partial charge is 0.394 e. The zero-order valence-corrected chi connectivity index (χ0v) is 11.5. The van der Waals surface area contributed by atoms with Crippen LogP contribution in [0.3, 0.4) is 0 Å². The molecular weight excluding hydrogens is 244 g/mol. The van der Waals surface area contributed by atoms with Crippen molar-refractivity contribution < 1.29 is 19.3 Å². The van der Waals surface area contributed by atoms with Crippen LogP contribution in [0.4, 0.5) is 0 Å².